The van der Waals surface area contributed by atoms with Crippen LogP contribution in [0.25, 0.3) is 0 Å². The molecule has 1 atom stereocenters. The van der Waals surface area contributed by atoms with E-state index < -0.39 is 41.5 Å². The molecule has 2 rings (SSSR count). The first-order valence-electron chi connectivity index (χ1n) is 9.28. The third-order valence-electron chi connectivity index (χ3n) is 4.63. The van der Waals surface area contributed by atoms with E-state index in [0.717, 1.165) is 19.2 Å². The number of anilines is 1. The minimum atomic E-state index is -6.28. The average Bonchev–Trinajstić information content (AvgIpc) is 2.68. The summed E-state index contributed by atoms with van der Waals surface area (Å²) in [5, 5.41) is 12.7. The standard InChI is InChI=1S/C20H18F7N3O3/c1-10(2)28-16-15(12(9-31)6-7-30(16)33)17(32)29-14-5-4-13(8-11(14)3)18(21,19(22,23)24)20(25,26)27/h4-8,10,15,33H,1-3H3,(H,29,32). The van der Waals surface area contributed by atoms with E-state index in [9.17, 15) is 45.5 Å². The maximum absolute atomic E-state index is 14.3. The highest BCUT2D eigenvalue weighted by atomic mass is 19.4. The predicted molar refractivity (Wildman–Crippen MR) is 103 cm³/mol. The number of hydrogen-bond donors (Lipinski definition) is 2. The number of carbonyl (C=O) groups is 1. The summed E-state index contributed by atoms with van der Waals surface area (Å²) in [6.45, 7) is 4.29. The molecule has 1 aliphatic rings. The Morgan fingerprint density at radius 2 is 1.73 bits per heavy atom. The van der Waals surface area contributed by atoms with E-state index in [0.29, 0.717) is 17.2 Å². The van der Waals surface area contributed by atoms with Crippen molar-refractivity contribution in [3.63, 3.8) is 0 Å². The van der Waals surface area contributed by atoms with Crippen molar-refractivity contribution < 1.29 is 45.5 Å². The number of hydroxylamine groups is 2. The second-order valence-corrected chi connectivity index (χ2v) is 7.40. The molecular formula is C20H18F7N3O3. The van der Waals surface area contributed by atoms with E-state index in [2.05, 4.69) is 10.3 Å². The summed E-state index contributed by atoms with van der Waals surface area (Å²) >= 11 is 0. The number of hydrogen-bond acceptors (Lipinski definition) is 4. The van der Waals surface area contributed by atoms with E-state index in [1.807, 2.05) is 0 Å². The first-order chi connectivity index (χ1) is 15.0. The summed E-state index contributed by atoms with van der Waals surface area (Å²) in [5.74, 6) is -1.20. The molecule has 6 nitrogen and oxygen atoms in total. The van der Waals surface area contributed by atoms with Crippen molar-refractivity contribution in [3.05, 3.63) is 47.2 Å². The SMILES string of the molecule is Cc1cc(C(F)(C(F)(F)F)C(F)(F)F)ccc1NC(=O)C1C(=C=O)C=CN(O)C1=NC(C)C. The number of amides is 1. The molecule has 0 saturated heterocycles. The van der Waals surface area contributed by atoms with Gasteiger partial charge in [-0.3, -0.25) is 15.0 Å². The number of nitrogens with zero attached hydrogens (tertiary/aromatic N) is 2. The highest BCUT2D eigenvalue weighted by molar-refractivity contribution is 6.13. The monoisotopic (exact) mass is 481 g/mol. The van der Waals surface area contributed by atoms with Gasteiger partial charge in [0.1, 0.15) is 17.7 Å². The first-order valence-corrected chi connectivity index (χ1v) is 9.28. The minimum Gasteiger partial charge on any atom is -0.325 e. The van der Waals surface area contributed by atoms with Crippen molar-refractivity contribution in [3.8, 4) is 0 Å². The molecule has 1 heterocycles. The third kappa shape index (κ3) is 4.93. The lowest BCUT2D eigenvalue weighted by molar-refractivity contribution is -0.348. The van der Waals surface area contributed by atoms with Crippen molar-refractivity contribution in [2.75, 3.05) is 5.32 Å². The molecule has 0 saturated carbocycles. The summed E-state index contributed by atoms with van der Waals surface area (Å²) < 4.78 is 92.2. The van der Waals surface area contributed by atoms with Crippen molar-refractivity contribution in [2.45, 2.75) is 44.8 Å². The van der Waals surface area contributed by atoms with Gasteiger partial charge in [-0.1, -0.05) is 12.1 Å². The maximum Gasteiger partial charge on any atom is 0.435 e. The summed E-state index contributed by atoms with van der Waals surface area (Å²) in [6, 6.07) is 0.818. The van der Waals surface area contributed by atoms with Crippen molar-refractivity contribution in [1.82, 2.24) is 5.06 Å². The lowest BCUT2D eigenvalue weighted by atomic mass is 9.92. The zero-order valence-corrected chi connectivity index (χ0v) is 17.3. The molecule has 0 aromatic heterocycles. The van der Waals surface area contributed by atoms with Crippen LogP contribution < -0.4 is 5.32 Å². The Morgan fingerprint density at radius 3 is 2.18 bits per heavy atom. The lowest BCUT2D eigenvalue weighted by Gasteiger charge is -2.31. The zero-order chi connectivity index (χ0) is 25.4. The normalized spacial score (nSPS) is 18.7. The Hall–Kier alpha value is -3.18. The maximum atomic E-state index is 14.3. The molecule has 13 heteroatoms. The fourth-order valence-electron chi connectivity index (χ4n) is 3.06. The summed E-state index contributed by atoms with van der Waals surface area (Å²) in [5.41, 5.74) is -8.13. The largest absolute Gasteiger partial charge is 0.435 e. The summed E-state index contributed by atoms with van der Waals surface area (Å²) in [7, 11) is 0. The summed E-state index contributed by atoms with van der Waals surface area (Å²) in [4.78, 5) is 28.2. The second-order valence-electron chi connectivity index (χ2n) is 7.40. The highest BCUT2D eigenvalue weighted by Gasteiger charge is 2.73. The number of aryl methyl sites for hydroxylation is 1. The van der Waals surface area contributed by atoms with Crippen molar-refractivity contribution in [2.24, 2.45) is 10.9 Å². The van der Waals surface area contributed by atoms with Gasteiger partial charge in [-0.15, -0.1) is 0 Å². The molecule has 1 aliphatic heterocycles. The van der Waals surface area contributed by atoms with Crippen molar-refractivity contribution in [1.29, 1.82) is 0 Å². The fraction of sp³-hybridized carbons (Fsp3) is 0.400. The molecule has 180 valence electrons. The number of amidine groups is 1. The predicted octanol–water partition coefficient (Wildman–Crippen LogP) is 4.62. The highest BCUT2D eigenvalue weighted by Crippen LogP contribution is 2.53. The van der Waals surface area contributed by atoms with Crippen LogP contribution in [0.1, 0.15) is 25.0 Å². The number of benzene rings is 1. The van der Waals surface area contributed by atoms with Crippen LogP contribution in [0.2, 0.25) is 0 Å². The van der Waals surface area contributed by atoms with Gasteiger partial charge in [0, 0.05) is 23.5 Å². The number of alkyl halides is 7. The van der Waals surface area contributed by atoms with E-state index >= 15 is 0 Å². The smallest absolute Gasteiger partial charge is 0.325 e. The van der Waals surface area contributed by atoms with E-state index in [1.54, 1.807) is 13.8 Å². The fourth-order valence-corrected chi connectivity index (χ4v) is 3.06. The minimum absolute atomic E-state index is 0.233. The second kappa shape index (κ2) is 8.99. The number of carbonyl (C=O) groups excluding carboxylic acids is 2. The van der Waals surface area contributed by atoms with Crippen LogP contribution in [0, 0.1) is 12.8 Å². The molecule has 1 amide bonds. The number of halogens is 7. The molecule has 0 radical (unpaired) electrons. The molecule has 1 aromatic carbocycles. The van der Waals surface area contributed by atoms with Crippen molar-refractivity contribution >= 4 is 23.4 Å². The van der Waals surface area contributed by atoms with E-state index in [-0.39, 0.29) is 28.7 Å². The van der Waals surface area contributed by atoms with Gasteiger partial charge < -0.3 is 5.32 Å². The Kier molecular flexibility index (Phi) is 7.10. The van der Waals surface area contributed by atoms with Gasteiger partial charge in [0.15, 0.2) is 0 Å². The van der Waals surface area contributed by atoms with Gasteiger partial charge in [-0.25, -0.2) is 14.2 Å². The van der Waals surface area contributed by atoms with Crippen LogP contribution in [0.15, 0.2) is 41.0 Å². The number of nitrogens with one attached hydrogen (secondary N) is 1. The Bertz CT molecular complexity index is 1020. The summed E-state index contributed by atoms with van der Waals surface area (Å²) in [6.07, 6.45) is -10.4. The Morgan fingerprint density at radius 1 is 1.15 bits per heavy atom. The number of allylic oxidation sites excluding steroid dienone is 1. The van der Waals surface area contributed by atoms with Gasteiger partial charge in [0.25, 0.3) is 0 Å². The quantitative estimate of drug-likeness (QED) is 0.486. The molecule has 1 unspecified atom stereocenters. The molecule has 0 spiro atoms. The van der Waals surface area contributed by atoms with Gasteiger partial charge in [-0.05, 0) is 38.5 Å². The molecular weight excluding hydrogens is 463 g/mol. The lowest BCUT2D eigenvalue weighted by Crippen LogP contribution is -2.50. The number of aliphatic imine (C=N–C) groups is 1. The van der Waals surface area contributed by atoms with Crippen LogP contribution in [-0.4, -0.2) is 46.3 Å². The first kappa shape index (κ1) is 26.1. The molecule has 1 aromatic rings. The van der Waals surface area contributed by atoms with E-state index in [4.69, 9.17) is 0 Å². The third-order valence-corrected chi connectivity index (χ3v) is 4.63. The Labute approximate surface area is 183 Å². The van der Waals surface area contributed by atoms with Crippen LogP contribution >= 0.6 is 0 Å². The topological polar surface area (TPSA) is 82.0 Å². The zero-order valence-electron chi connectivity index (χ0n) is 17.3. The van der Waals surface area contributed by atoms with Crippen LogP contribution in [0.3, 0.4) is 0 Å². The molecule has 2 N–H and O–H groups in total. The Balaban J connectivity index is 2.47. The van der Waals surface area contributed by atoms with Crippen LogP contribution in [0.4, 0.5) is 36.4 Å². The van der Waals surface area contributed by atoms with Gasteiger partial charge in [0.2, 0.25) is 5.91 Å². The molecule has 0 fully saturated rings. The molecule has 0 bridgehead atoms. The van der Waals surface area contributed by atoms with Gasteiger partial charge in [-0.2, -0.15) is 26.3 Å². The molecule has 33 heavy (non-hydrogen) atoms. The van der Waals surface area contributed by atoms with E-state index in [1.165, 1.54) is 5.94 Å². The average molecular weight is 481 g/mol. The van der Waals surface area contributed by atoms with Gasteiger partial charge in [0.05, 0.1) is 5.57 Å². The van der Waals surface area contributed by atoms with Gasteiger partial charge >= 0.3 is 18.0 Å². The van der Waals surface area contributed by atoms with Crippen LogP contribution in [-0.2, 0) is 15.3 Å². The number of rotatable bonds is 4. The van der Waals surface area contributed by atoms with Crippen LogP contribution in [0.5, 0.6) is 0 Å². The molecule has 0 aliphatic carbocycles.